The Morgan fingerprint density at radius 3 is 2.60 bits per heavy atom. The third kappa shape index (κ3) is 4.29. The summed E-state index contributed by atoms with van der Waals surface area (Å²) in [5.74, 6) is 0.631. The van der Waals surface area contributed by atoms with Gasteiger partial charge in [-0.05, 0) is 40.9 Å². The predicted octanol–water partition coefficient (Wildman–Crippen LogP) is 5.60. The van der Waals surface area contributed by atoms with Crippen molar-refractivity contribution in [2.24, 2.45) is 5.92 Å². The minimum absolute atomic E-state index is 0.105. The van der Waals surface area contributed by atoms with Crippen molar-refractivity contribution in [2.45, 2.75) is 57.9 Å². The Balaban J connectivity index is 2.11. The van der Waals surface area contributed by atoms with Gasteiger partial charge in [0.25, 0.3) is 0 Å². The van der Waals surface area contributed by atoms with E-state index in [1.165, 1.54) is 38.5 Å². The fraction of sp³-hybridized carbons (Fsp3) is 0.647. The van der Waals surface area contributed by atoms with E-state index in [2.05, 4.69) is 28.2 Å². The largest absolute Gasteiger partial charge is 0.310 e. The van der Waals surface area contributed by atoms with Gasteiger partial charge in [0, 0.05) is 11.6 Å². The molecular formula is C17H25BrFN. The molecule has 1 aromatic rings. The molecular weight excluding hydrogens is 317 g/mol. The second kappa shape index (κ2) is 8.14. The first-order chi connectivity index (χ1) is 9.72. The van der Waals surface area contributed by atoms with Crippen molar-refractivity contribution in [1.29, 1.82) is 0 Å². The van der Waals surface area contributed by atoms with Crippen molar-refractivity contribution >= 4 is 15.9 Å². The predicted molar refractivity (Wildman–Crippen MR) is 86.3 cm³/mol. The SMILES string of the molecule is CCNC(CC1CCCCCC1)c1cccc(Br)c1F. The van der Waals surface area contributed by atoms with Gasteiger partial charge >= 0.3 is 0 Å². The maximum atomic E-state index is 14.3. The van der Waals surface area contributed by atoms with Crippen LogP contribution in [0.3, 0.4) is 0 Å². The highest BCUT2D eigenvalue weighted by Crippen LogP contribution is 2.33. The van der Waals surface area contributed by atoms with Crippen LogP contribution in [0.4, 0.5) is 4.39 Å². The lowest BCUT2D eigenvalue weighted by Crippen LogP contribution is -2.24. The van der Waals surface area contributed by atoms with Crippen LogP contribution < -0.4 is 5.32 Å². The summed E-state index contributed by atoms with van der Waals surface area (Å²) in [5.41, 5.74) is 0.811. The number of rotatable bonds is 5. The van der Waals surface area contributed by atoms with Crippen molar-refractivity contribution in [3.8, 4) is 0 Å². The number of benzene rings is 1. The molecule has 1 N–H and O–H groups in total. The highest BCUT2D eigenvalue weighted by atomic mass is 79.9. The highest BCUT2D eigenvalue weighted by molar-refractivity contribution is 9.10. The van der Waals surface area contributed by atoms with Crippen molar-refractivity contribution in [3.05, 3.63) is 34.1 Å². The zero-order valence-corrected chi connectivity index (χ0v) is 13.9. The van der Waals surface area contributed by atoms with E-state index in [0.29, 0.717) is 4.47 Å². The molecule has 1 aliphatic carbocycles. The Hall–Kier alpha value is -0.410. The van der Waals surface area contributed by atoms with Crippen LogP contribution in [0.5, 0.6) is 0 Å². The molecule has 1 fully saturated rings. The summed E-state index contributed by atoms with van der Waals surface area (Å²) >= 11 is 3.30. The minimum Gasteiger partial charge on any atom is -0.310 e. The lowest BCUT2D eigenvalue weighted by Gasteiger charge is -2.24. The van der Waals surface area contributed by atoms with Crippen LogP contribution in [0.2, 0.25) is 0 Å². The van der Waals surface area contributed by atoms with Crippen molar-refractivity contribution in [1.82, 2.24) is 5.32 Å². The lowest BCUT2D eigenvalue weighted by atomic mass is 9.89. The Labute approximate surface area is 130 Å². The summed E-state index contributed by atoms with van der Waals surface area (Å²) in [6.45, 7) is 2.97. The van der Waals surface area contributed by atoms with E-state index in [1.54, 1.807) is 6.07 Å². The molecule has 2 rings (SSSR count). The van der Waals surface area contributed by atoms with Crippen molar-refractivity contribution in [3.63, 3.8) is 0 Å². The van der Waals surface area contributed by atoms with E-state index in [4.69, 9.17) is 0 Å². The normalized spacial score (nSPS) is 18.8. The Morgan fingerprint density at radius 1 is 1.25 bits per heavy atom. The minimum atomic E-state index is -0.105. The maximum absolute atomic E-state index is 14.3. The number of hydrogen-bond acceptors (Lipinski definition) is 1. The molecule has 0 heterocycles. The van der Waals surface area contributed by atoms with Gasteiger partial charge in [-0.15, -0.1) is 0 Å². The van der Waals surface area contributed by atoms with E-state index in [9.17, 15) is 4.39 Å². The molecule has 0 saturated heterocycles. The lowest BCUT2D eigenvalue weighted by molar-refractivity contribution is 0.353. The number of hydrogen-bond donors (Lipinski definition) is 1. The average molecular weight is 342 g/mol. The quantitative estimate of drug-likeness (QED) is 0.687. The summed E-state index contributed by atoms with van der Waals surface area (Å²) in [7, 11) is 0. The molecule has 1 aromatic carbocycles. The van der Waals surface area contributed by atoms with Gasteiger partial charge in [0.2, 0.25) is 0 Å². The molecule has 112 valence electrons. The monoisotopic (exact) mass is 341 g/mol. The van der Waals surface area contributed by atoms with Gasteiger partial charge in [0.05, 0.1) is 4.47 Å². The second-order valence-corrected chi connectivity index (χ2v) is 6.70. The first-order valence-electron chi connectivity index (χ1n) is 7.89. The van der Waals surface area contributed by atoms with E-state index in [0.717, 1.165) is 24.4 Å². The summed E-state index contributed by atoms with van der Waals surface area (Å²) < 4.78 is 14.9. The molecule has 1 nitrogen and oxygen atoms in total. The van der Waals surface area contributed by atoms with Crippen LogP contribution in [-0.4, -0.2) is 6.54 Å². The number of nitrogens with one attached hydrogen (secondary N) is 1. The van der Waals surface area contributed by atoms with Crippen LogP contribution in [-0.2, 0) is 0 Å². The Bertz CT molecular complexity index is 413. The second-order valence-electron chi connectivity index (χ2n) is 5.85. The molecule has 0 spiro atoms. The zero-order chi connectivity index (χ0) is 14.4. The van der Waals surface area contributed by atoms with Crippen molar-refractivity contribution < 1.29 is 4.39 Å². The highest BCUT2D eigenvalue weighted by Gasteiger charge is 2.21. The molecule has 3 heteroatoms. The van der Waals surface area contributed by atoms with Crippen LogP contribution in [0.25, 0.3) is 0 Å². The van der Waals surface area contributed by atoms with Gasteiger partial charge in [0.15, 0.2) is 0 Å². The van der Waals surface area contributed by atoms with Crippen LogP contribution in [0.15, 0.2) is 22.7 Å². The van der Waals surface area contributed by atoms with Gasteiger partial charge in [-0.25, -0.2) is 4.39 Å². The van der Waals surface area contributed by atoms with E-state index in [1.807, 2.05) is 12.1 Å². The number of halogens is 2. The van der Waals surface area contributed by atoms with Gasteiger partial charge in [-0.2, -0.15) is 0 Å². The summed E-state index contributed by atoms with van der Waals surface area (Å²) in [4.78, 5) is 0. The molecule has 0 bridgehead atoms. The maximum Gasteiger partial charge on any atom is 0.142 e. The van der Waals surface area contributed by atoms with Crippen LogP contribution in [0, 0.1) is 11.7 Å². The van der Waals surface area contributed by atoms with Crippen molar-refractivity contribution in [2.75, 3.05) is 6.54 Å². The Morgan fingerprint density at radius 2 is 1.95 bits per heavy atom. The topological polar surface area (TPSA) is 12.0 Å². The molecule has 0 aliphatic heterocycles. The Kier molecular flexibility index (Phi) is 6.50. The van der Waals surface area contributed by atoms with Gasteiger partial charge in [-0.1, -0.05) is 57.6 Å². The molecule has 20 heavy (non-hydrogen) atoms. The fourth-order valence-electron chi connectivity index (χ4n) is 3.29. The average Bonchev–Trinajstić information content (AvgIpc) is 2.70. The van der Waals surface area contributed by atoms with E-state index < -0.39 is 0 Å². The van der Waals surface area contributed by atoms with Gasteiger partial charge in [0.1, 0.15) is 5.82 Å². The van der Waals surface area contributed by atoms with Gasteiger partial charge < -0.3 is 5.32 Å². The molecule has 0 amide bonds. The first kappa shape index (κ1) is 16.0. The summed E-state index contributed by atoms with van der Waals surface area (Å²) in [6, 6.07) is 5.76. The van der Waals surface area contributed by atoms with Gasteiger partial charge in [-0.3, -0.25) is 0 Å². The molecule has 1 aliphatic rings. The smallest absolute Gasteiger partial charge is 0.142 e. The van der Waals surface area contributed by atoms with Crippen LogP contribution in [0.1, 0.15) is 63.5 Å². The summed E-state index contributed by atoms with van der Waals surface area (Å²) in [5, 5.41) is 3.47. The zero-order valence-electron chi connectivity index (χ0n) is 12.3. The molecule has 0 aromatic heterocycles. The third-order valence-corrected chi connectivity index (χ3v) is 4.96. The fourth-order valence-corrected chi connectivity index (χ4v) is 3.67. The third-order valence-electron chi connectivity index (χ3n) is 4.35. The van der Waals surface area contributed by atoms with E-state index >= 15 is 0 Å². The summed E-state index contributed by atoms with van der Waals surface area (Å²) in [6.07, 6.45) is 9.08. The molecule has 1 unspecified atom stereocenters. The first-order valence-corrected chi connectivity index (χ1v) is 8.69. The van der Waals surface area contributed by atoms with Crippen LogP contribution >= 0.6 is 15.9 Å². The molecule has 1 atom stereocenters. The molecule has 1 saturated carbocycles. The molecule has 0 radical (unpaired) electrons. The standard InChI is InChI=1S/C17H25BrFN/c1-2-20-16(12-13-8-5-3-4-6-9-13)14-10-7-11-15(18)17(14)19/h7,10-11,13,16,20H,2-6,8-9,12H2,1H3. The van der Waals surface area contributed by atoms with E-state index in [-0.39, 0.29) is 11.9 Å².